The molecule has 1 saturated heterocycles. The van der Waals surface area contributed by atoms with Gasteiger partial charge in [-0.3, -0.25) is 19.1 Å². The highest BCUT2D eigenvalue weighted by Crippen LogP contribution is 2.28. The first kappa shape index (κ1) is 30.3. The number of carbonyl (C=O) groups excluding carboxylic acids is 1. The van der Waals surface area contributed by atoms with Crippen LogP contribution in [0.1, 0.15) is 116 Å². The Morgan fingerprint density at radius 3 is 1.94 bits per heavy atom. The molecule has 0 radical (unpaired) electrons. The van der Waals surface area contributed by atoms with Crippen molar-refractivity contribution in [2.45, 2.75) is 134 Å². The molecular formula is C27H46N2O7. The Balaban J connectivity index is 1.47. The Bertz CT molecular complexity index is 853. The van der Waals surface area contributed by atoms with Crippen molar-refractivity contribution in [3.05, 3.63) is 33.1 Å². The van der Waals surface area contributed by atoms with Crippen molar-refractivity contribution < 1.29 is 24.5 Å². The molecular weight excluding hydrogens is 464 g/mol. The number of nitrogens with zero attached hydrogens (tertiary/aromatic N) is 1. The number of esters is 1. The van der Waals surface area contributed by atoms with Gasteiger partial charge in [0, 0.05) is 18.7 Å². The van der Waals surface area contributed by atoms with Crippen LogP contribution in [0, 0.1) is 0 Å². The largest absolute Gasteiger partial charge is 0.463 e. The number of H-pyrrole nitrogens is 1. The number of nitrogens with one attached hydrogen (secondary N) is 1. The van der Waals surface area contributed by atoms with Crippen molar-refractivity contribution in [2.24, 2.45) is 0 Å². The van der Waals surface area contributed by atoms with Crippen LogP contribution in [0.25, 0.3) is 0 Å². The highest BCUT2D eigenvalue weighted by atomic mass is 16.6. The summed E-state index contributed by atoms with van der Waals surface area (Å²) in [4.78, 5) is 37.3. The van der Waals surface area contributed by atoms with Crippen LogP contribution >= 0.6 is 0 Å². The lowest BCUT2D eigenvalue weighted by molar-refractivity contribution is -0.150. The van der Waals surface area contributed by atoms with Gasteiger partial charge in [-0.05, 0) is 6.42 Å². The fraction of sp³-hybridized carbons (Fsp3) is 0.815. The van der Waals surface area contributed by atoms with Crippen LogP contribution < -0.4 is 11.2 Å². The minimum absolute atomic E-state index is 0.218. The van der Waals surface area contributed by atoms with Crippen molar-refractivity contribution in [2.75, 3.05) is 6.61 Å². The Labute approximate surface area is 214 Å². The van der Waals surface area contributed by atoms with E-state index in [1.165, 1.54) is 83.2 Å². The zero-order chi connectivity index (χ0) is 26.2. The summed E-state index contributed by atoms with van der Waals surface area (Å²) < 4.78 is 11.7. The molecule has 2 rings (SSSR count). The van der Waals surface area contributed by atoms with E-state index in [9.17, 15) is 24.6 Å². The molecule has 1 aromatic heterocycles. The third kappa shape index (κ3) is 11.0. The predicted octanol–water partition coefficient (Wildman–Crippen LogP) is 3.96. The average Bonchev–Trinajstić information content (AvgIpc) is 3.13. The van der Waals surface area contributed by atoms with Crippen LogP contribution in [0.3, 0.4) is 0 Å². The minimum atomic E-state index is -1.40. The standard InChI is InChI=1S/C27H46N2O7/c1-2-3-4-5-6-7-8-9-10-11-12-13-14-15-16-17-23(31)35-20-21-24(32)25(33)26(36-21)29-19-18-22(30)28-27(29)34/h18-19,21,24-26,32-33H,2-17,20H2,1H3,(H,28,30,34)/t21-,24?,25?,26-/m0/s1. The lowest BCUT2D eigenvalue weighted by Gasteiger charge is -2.16. The molecule has 1 aliphatic heterocycles. The summed E-state index contributed by atoms with van der Waals surface area (Å²) in [5.74, 6) is -0.375. The second kappa shape index (κ2) is 17.5. The molecule has 4 atom stereocenters. The lowest BCUT2D eigenvalue weighted by atomic mass is 10.0. The smallest absolute Gasteiger partial charge is 0.330 e. The van der Waals surface area contributed by atoms with E-state index in [0.29, 0.717) is 6.42 Å². The maximum absolute atomic E-state index is 12.0. The number of rotatable bonds is 19. The molecule has 36 heavy (non-hydrogen) atoms. The van der Waals surface area contributed by atoms with Gasteiger partial charge >= 0.3 is 11.7 Å². The first-order valence-corrected chi connectivity index (χ1v) is 13.9. The second-order valence-corrected chi connectivity index (χ2v) is 9.95. The molecule has 1 fully saturated rings. The van der Waals surface area contributed by atoms with Crippen molar-refractivity contribution in [3.63, 3.8) is 0 Å². The maximum Gasteiger partial charge on any atom is 0.330 e. The van der Waals surface area contributed by atoms with E-state index >= 15 is 0 Å². The van der Waals surface area contributed by atoms with Gasteiger partial charge in [-0.15, -0.1) is 0 Å². The van der Waals surface area contributed by atoms with Gasteiger partial charge in [-0.25, -0.2) is 4.79 Å². The Morgan fingerprint density at radius 2 is 1.42 bits per heavy atom. The Hall–Kier alpha value is -1.97. The Morgan fingerprint density at radius 1 is 0.889 bits per heavy atom. The van der Waals surface area contributed by atoms with Crippen LogP contribution in [0.4, 0.5) is 0 Å². The highest BCUT2D eigenvalue weighted by Gasteiger charge is 2.44. The average molecular weight is 511 g/mol. The minimum Gasteiger partial charge on any atom is -0.463 e. The molecule has 2 heterocycles. The fourth-order valence-electron chi connectivity index (χ4n) is 4.61. The highest BCUT2D eigenvalue weighted by molar-refractivity contribution is 5.69. The molecule has 1 aromatic rings. The van der Waals surface area contributed by atoms with Crippen LogP contribution in [0.15, 0.2) is 21.9 Å². The van der Waals surface area contributed by atoms with Gasteiger partial charge in [0.2, 0.25) is 0 Å². The van der Waals surface area contributed by atoms with Crippen LogP contribution in [0.5, 0.6) is 0 Å². The Kier molecular flexibility index (Phi) is 14.7. The van der Waals surface area contributed by atoms with Crippen LogP contribution in [-0.4, -0.2) is 50.7 Å². The van der Waals surface area contributed by atoms with E-state index in [-0.39, 0.29) is 12.6 Å². The number of hydrogen-bond donors (Lipinski definition) is 3. The molecule has 0 aromatic carbocycles. The normalized spacial score (nSPS) is 21.6. The van der Waals surface area contributed by atoms with Crippen LogP contribution in [0.2, 0.25) is 0 Å². The van der Waals surface area contributed by atoms with Crippen molar-refractivity contribution in [3.8, 4) is 0 Å². The van der Waals surface area contributed by atoms with E-state index < -0.39 is 35.8 Å². The van der Waals surface area contributed by atoms with E-state index in [0.717, 1.165) is 29.9 Å². The monoisotopic (exact) mass is 510 g/mol. The van der Waals surface area contributed by atoms with Gasteiger partial charge in [-0.1, -0.05) is 96.8 Å². The molecule has 0 spiro atoms. The third-order valence-corrected chi connectivity index (χ3v) is 6.86. The summed E-state index contributed by atoms with van der Waals surface area (Å²) >= 11 is 0. The second-order valence-electron chi connectivity index (χ2n) is 9.95. The number of aromatic amines is 1. The predicted molar refractivity (Wildman–Crippen MR) is 138 cm³/mol. The first-order chi connectivity index (χ1) is 17.4. The van der Waals surface area contributed by atoms with E-state index in [4.69, 9.17) is 9.47 Å². The van der Waals surface area contributed by atoms with E-state index in [1.807, 2.05) is 0 Å². The van der Waals surface area contributed by atoms with Gasteiger partial charge in [-0.2, -0.15) is 0 Å². The number of unbranched alkanes of at least 4 members (excludes halogenated alkanes) is 14. The number of aromatic nitrogens is 2. The quantitative estimate of drug-likeness (QED) is 0.190. The van der Waals surface area contributed by atoms with Gasteiger partial charge < -0.3 is 19.7 Å². The summed E-state index contributed by atoms with van der Waals surface area (Å²) in [6, 6.07) is 1.12. The molecule has 0 bridgehead atoms. The van der Waals surface area contributed by atoms with Crippen LogP contribution in [-0.2, 0) is 14.3 Å². The van der Waals surface area contributed by atoms with Gasteiger partial charge in [0.25, 0.3) is 5.56 Å². The summed E-state index contributed by atoms with van der Waals surface area (Å²) in [5.41, 5.74) is -1.34. The third-order valence-electron chi connectivity index (χ3n) is 6.86. The number of hydrogen-bond acceptors (Lipinski definition) is 7. The summed E-state index contributed by atoms with van der Waals surface area (Å²) in [6.07, 6.45) is 15.4. The van der Waals surface area contributed by atoms with E-state index in [1.54, 1.807) is 0 Å². The number of aliphatic hydroxyl groups is 2. The fourth-order valence-corrected chi connectivity index (χ4v) is 4.61. The summed E-state index contributed by atoms with van der Waals surface area (Å²) in [5, 5.41) is 20.4. The zero-order valence-electron chi connectivity index (χ0n) is 21.9. The number of ether oxygens (including phenoxy) is 2. The van der Waals surface area contributed by atoms with Crippen molar-refractivity contribution in [1.82, 2.24) is 9.55 Å². The molecule has 0 aliphatic carbocycles. The van der Waals surface area contributed by atoms with Gasteiger partial charge in [0.15, 0.2) is 6.23 Å². The first-order valence-electron chi connectivity index (χ1n) is 13.9. The molecule has 206 valence electrons. The maximum atomic E-state index is 12.0. The van der Waals surface area contributed by atoms with Crippen molar-refractivity contribution >= 4 is 5.97 Å². The topological polar surface area (TPSA) is 131 Å². The summed E-state index contributed by atoms with van der Waals surface area (Å²) in [7, 11) is 0. The molecule has 9 heteroatoms. The van der Waals surface area contributed by atoms with Crippen molar-refractivity contribution in [1.29, 1.82) is 0 Å². The van der Waals surface area contributed by atoms with Gasteiger partial charge in [0.1, 0.15) is 24.9 Å². The SMILES string of the molecule is CCCCCCCCCCCCCCCCCC(=O)OC[C@@H]1O[C@H](n2ccc(=O)[nH]c2=O)C(O)C1O. The van der Waals surface area contributed by atoms with E-state index in [2.05, 4.69) is 11.9 Å². The molecule has 1 aliphatic rings. The van der Waals surface area contributed by atoms with Gasteiger partial charge in [0.05, 0.1) is 0 Å². The molecule has 9 nitrogen and oxygen atoms in total. The number of carbonyl (C=O) groups is 1. The molecule has 3 N–H and O–H groups in total. The lowest BCUT2D eigenvalue weighted by Crippen LogP contribution is -2.37. The summed E-state index contributed by atoms with van der Waals surface area (Å²) in [6.45, 7) is 2.03. The molecule has 0 saturated carbocycles. The molecule has 0 amide bonds. The molecule has 2 unspecified atom stereocenters. The zero-order valence-corrected chi connectivity index (χ0v) is 21.9. The number of aliphatic hydroxyl groups excluding tert-OH is 2.